The standard InChI is InChI=1S/C21H25N3S/c1-2-3-13-22-21(25)24-14-18(16-9-5-4-6-10-16)19-15-23-20-12-8-7-11-17(19)20/h4-12,15,18,23H,2-3,13-14H2,1H3,(H2,22,24,25)/t18-/m1/s1. The van der Waals surface area contributed by atoms with Gasteiger partial charge in [-0.1, -0.05) is 61.9 Å². The molecule has 1 atom stereocenters. The molecule has 25 heavy (non-hydrogen) atoms. The van der Waals surface area contributed by atoms with E-state index in [0.29, 0.717) is 0 Å². The van der Waals surface area contributed by atoms with Crippen molar-refractivity contribution >= 4 is 28.2 Å². The van der Waals surface area contributed by atoms with Crippen molar-refractivity contribution in [3.63, 3.8) is 0 Å². The van der Waals surface area contributed by atoms with E-state index in [0.717, 1.165) is 31.0 Å². The first kappa shape index (κ1) is 17.5. The number of aromatic amines is 1. The molecule has 2 aromatic carbocycles. The van der Waals surface area contributed by atoms with Crippen LogP contribution in [-0.4, -0.2) is 23.2 Å². The molecule has 0 aliphatic carbocycles. The first-order valence-electron chi connectivity index (χ1n) is 8.92. The predicted molar refractivity (Wildman–Crippen MR) is 110 cm³/mol. The van der Waals surface area contributed by atoms with Gasteiger partial charge in [0.1, 0.15) is 0 Å². The monoisotopic (exact) mass is 351 g/mol. The molecule has 0 saturated carbocycles. The van der Waals surface area contributed by atoms with Gasteiger partial charge in [0, 0.05) is 36.1 Å². The van der Waals surface area contributed by atoms with Gasteiger partial charge in [-0.3, -0.25) is 0 Å². The number of fused-ring (bicyclic) bond motifs is 1. The zero-order chi connectivity index (χ0) is 17.5. The van der Waals surface area contributed by atoms with Crippen LogP contribution in [-0.2, 0) is 0 Å². The fourth-order valence-corrected chi connectivity index (χ4v) is 3.30. The van der Waals surface area contributed by atoms with Crippen molar-refractivity contribution in [2.45, 2.75) is 25.7 Å². The van der Waals surface area contributed by atoms with Gasteiger partial charge in [0.2, 0.25) is 0 Å². The van der Waals surface area contributed by atoms with Crippen molar-refractivity contribution in [3.05, 3.63) is 71.9 Å². The summed E-state index contributed by atoms with van der Waals surface area (Å²) in [6, 6.07) is 19.0. The lowest BCUT2D eigenvalue weighted by atomic mass is 9.91. The zero-order valence-electron chi connectivity index (χ0n) is 14.6. The maximum absolute atomic E-state index is 5.43. The highest BCUT2D eigenvalue weighted by molar-refractivity contribution is 7.80. The van der Waals surface area contributed by atoms with Gasteiger partial charge in [-0.05, 0) is 35.8 Å². The molecule has 3 N–H and O–H groups in total. The number of hydrogen-bond donors (Lipinski definition) is 3. The van der Waals surface area contributed by atoms with Crippen molar-refractivity contribution < 1.29 is 0 Å². The molecular weight excluding hydrogens is 326 g/mol. The normalized spacial score (nSPS) is 12.0. The van der Waals surface area contributed by atoms with E-state index in [4.69, 9.17) is 12.2 Å². The average molecular weight is 352 g/mol. The highest BCUT2D eigenvalue weighted by Gasteiger charge is 2.18. The van der Waals surface area contributed by atoms with Crippen LogP contribution in [0.3, 0.4) is 0 Å². The van der Waals surface area contributed by atoms with E-state index >= 15 is 0 Å². The molecule has 0 aliphatic rings. The molecule has 0 aliphatic heterocycles. The van der Waals surface area contributed by atoms with Gasteiger partial charge in [-0.15, -0.1) is 0 Å². The Morgan fingerprint density at radius 1 is 1.04 bits per heavy atom. The highest BCUT2D eigenvalue weighted by Crippen LogP contribution is 2.30. The molecule has 1 heterocycles. The Kier molecular flexibility index (Phi) is 6.07. The summed E-state index contributed by atoms with van der Waals surface area (Å²) >= 11 is 5.43. The Bertz CT molecular complexity index is 810. The van der Waals surface area contributed by atoms with E-state index in [2.05, 4.69) is 83.3 Å². The van der Waals surface area contributed by atoms with Gasteiger partial charge in [0.05, 0.1) is 0 Å². The molecule has 0 amide bonds. The van der Waals surface area contributed by atoms with Gasteiger partial charge >= 0.3 is 0 Å². The molecule has 0 fully saturated rings. The van der Waals surface area contributed by atoms with Crippen LogP contribution in [0, 0.1) is 0 Å². The van der Waals surface area contributed by atoms with Crippen LogP contribution in [0.25, 0.3) is 10.9 Å². The number of aromatic nitrogens is 1. The summed E-state index contributed by atoms with van der Waals surface area (Å²) in [6.45, 7) is 3.87. The van der Waals surface area contributed by atoms with E-state index in [9.17, 15) is 0 Å². The highest BCUT2D eigenvalue weighted by atomic mass is 32.1. The number of thiocarbonyl (C=S) groups is 1. The Balaban J connectivity index is 1.80. The SMILES string of the molecule is CCCCNC(=S)NC[C@H](c1ccccc1)c1c[nH]c2ccccc12. The van der Waals surface area contributed by atoms with Gasteiger partial charge in [0.25, 0.3) is 0 Å². The van der Waals surface area contributed by atoms with Crippen molar-refractivity contribution in [2.75, 3.05) is 13.1 Å². The Labute approximate surface area is 154 Å². The fraction of sp³-hybridized carbons (Fsp3) is 0.286. The Morgan fingerprint density at radius 2 is 1.80 bits per heavy atom. The fourth-order valence-electron chi connectivity index (χ4n) is 3.11. The molecule has 0 saturated heterocycles. The van der Waals surface area contributed by atoms with Gasteiger partial charge in [-0.2, -0.15) is 0 Å². The van der Waals surface area contributed by atoms with E-state index < -0.39 is 0 Å². The summed E-state index contributed by atoms with van der Waals surface area (Å²) in [5.41, 5.74) is 3.75. The van der Waals surface area contributed by atoms with Crippen LogP contribution in [0.4, 0.5) is 0 Å². The summed E-state index contributed by atoms with van der Waals surface area (Å²) in [5.74, 6) is 0.239. The van der Waals surface area contributed by atoms with Crippen LogP contribution in [0.1, 0.15) is 36.8 Å². The minimum Gasteiger partial charge on any atom is -0.363 e. The number of nitrogens with one attached hydrogen (secondary N) is 3. The minimum atomic E-state index is 0.239. The second kappa shape index (κ2) is 8.67. The lowest BCUT2D eigenvalue weighted by molar-refractivity contribution is 0.716. The van der Waals surface area contributed by atoms with Gasteiger partial charge in [-0.25, -0.2) is 0 Å². The molecule has 3 nitrogen and oxygen atoms in total. The second-order valence-corrected chi connectivity index (χ2v) is 6.65. The smallest absolute Gasteiger partial charge is 0.166 e. The van der Waals surface area contributed by atoms with Crippen LogP contribution < -0.4 is 10.6 Å². The number of hydrogen-bond acceptors (Lipinski definition) is 1. The molecule has 130 valence electrons. The lowest BCUT2D eigenvalue weighted by Gasteiger charge is -2.19. The maximum atomic E-state index is 5.43. The summed E-state index contributed by atoms with van der Waals surface area (Å²) in [4.78, 5) is 3.39. The molecule has 0 radical (unpaired) electrons. The molecule has 3 aromatic rings. The van der Waals surface area contributed by atoms with Crippen LogP contribution in [0.2, 0.25) is 0 Å². The molecule has 0 spiro atoms. The van der Waals surface area contributed by atoms with E-state index in [1.807, 2.05) is 0 Å². The largest absolute Gasteiger partial charge is 0.363 e. The number of unbranched alkanes of at least 4 members (excludes halogenated alkanes) is 1. The third-order valence-corrected chi connectivity index (χ3v) is 4.77. The summed E-state index contributed by atoms with van der Waals surface area (Å²) in [5, 5.41) is 8.68. The van der Waals surface area contributed by atoms with E-state index in [1.54, 1.807) is 0 Å². The van der Waals surface area contributed by atoms with Gasteiger partial charge < -0.3 is 15.6 Å². The van der Waals surface area contributed by atoms with Crippen molar-refractivity contribution in [3.8, 4) is 0 Å². The Morgan fingerprint density at radius 3 is 2.60 bits per heavy atom. The molecule has 1 aromatic heterocycles. The third-order valence-electron chi connectivity index (χ3n) is 4.48. The first-order chi connectivity index (χ1) is 12.3. The first-order valence-corrected chi connectivity index (χ1v) is 9.33. The third kappa shape index (κ3) is 4.40. The Hall–Kier alpha value is -2.33. The molecule has 4 heteroatoms. The quantitative estimate of drug-likeness (QED) is 0.431. The minimum absolute atomic E-state index is 0.239. The van der Waals surface area contributed by atoms with Gasteiger partial charge in [0.15, 0.2) is 5.11 Å². The van der Waals surface area contributed by atoms with Crippen LogP contribution >= 0.6 is 12.2 Å². The topological polar surface area (TPSA) is 39.8 Å². The molecular formula is C21H25N3S. The van der Waals surface area contributed by atoms with Crippen LogP contribution in [0.15, 0.2) is 60.8 Å². The zero-order valence-corrected chi connectivity index (χ0v) is 15.4. The van der Waals surface area contributed by atoms with Crippen LogP contribution in [0.5, 0.6) is 0 Å². The number of para-hydroxylation sites is 1. The second-order valence-electron chi connectivity index (χ2n) is 6.24. The maximum Gasteiger partial charge on any atom is 0.166 e. The van der Waals surface area contributed by atoms with Crippen molar-refractivity contribution in [1.82, 2.24) is 15.6 Å². The summed E-state index contributed by atoms with van der Waals surface area (Å²) in [6.07, 6.45) is 4.42. The molecule has 0 bridgehead atoms. The number of H-pyrrole nitrogens is 1. The lowest BCUT2D eigenvalue weighted by Crippen LogP contribution is -2.38. The predicted octanol–water partition coefficient (Wildman–Crippen LogP) is 4.56. The number of rotatable bonds is 7. The van der Waals surface area contributed by atoms with Crippen molar-refractivity contribution in [1.29, 1.82) is 0 Å². The van der Waals surface area contributed by atoms with E-state index in [-0.39, 0.29) is 5.92 Å². The average Bonchev–Trinajstić information content (AvgIpc) is 3.07. The molecule has 3 rings (SSSR count). The molecule has 0 unspecified atom stereocenters. The summed E-state index contributed by atoms with van der Waals surface area (Å²) in [7, 11) is 0. The van der Waals surface area contributed by atoms with Crippen molar-refractivity contribution in [2.24, 2.45) is 0 Å². The van der Waals surface area contributed by atoms with E-state index in [1.165, 1.54) is 22.0 Å². The summed E-state index contributed by atoms with van der Waals surface area (Å²) < 4.78 is 0. The number of benzene rings is 2.